The number of rotatable bonds is 9. The Labute approximate surface area is 222 Å². The highest BCUT2D eigenvalue weighted by Gasteiger charge is 2.22. The van der Waals surface area contributed by atoms with E-state index in [4.69, 9.17) is 19.7 Å². The van der Waals surface area contributed by atoms with Crippen LogP contribution in [-0.2, 0) is 6.54 Å². The van der Waals surface area contributed by atoms with E-state index in [2.05, 4.69) is 20.4 Å². The van der Waals surface area contributed by atoms with Gasteiger partial charge in [0.05, 0.1) is 12.0 Å². The first kappa shape index (κ1) is 25.5. The number of nitrogens with zero attached hydrogens (tertiary/aromatic N) is 6. The number of nitro benzene ring substituents is 1. The Morgan fingerprint density at radius 3 is 2.32 bits per heavy atom. The summed E-state index contributed by atoms with van der Waals surface area (Å²) >= 11 is 0. The van der Waals surface area contributed by atoms with Gasteiger partial charge in [0.15, 0.2) is 0 Å². The first-order chi connectivity index (χ1) is 18.6. The normalized spacial score (nSPS) is 16.2. The topological polar surface area (TPSA) is 122 Å². The summed E-state index contributed by atoms with van der Waals surface area (Å²) < 4.78 is 5.49. The average molecular weight is 519 g/mol. The summed E-state index contributed by atoms with van der Waals surface area (Å²) in [6.45, 7) is 3.52. The van der Waals surface area contributed by atoms with Gasteiger partial charge in [-0.3, -0.25) is 10.1 Å². The van der Waals surface area contributed by atoms with E-state index < -0.39 is 0 Å². The van der Waals surface area contributed by atoms with Crippen molar-refractivity contribution in [3.05, 3.63) is 64.2 Å². The average Bonchev–Trinajstić information content (AvgIpc) is 2.97. The second kappa shape index (κ2) is 11.9. The van der Waals surface area contributed by atoms with Gasteiger partial charge < -0.3 is 25.2 Å². The summed E-state index contributed by atoms with van der Waals surface area (Å²) in [6, 6.07) is 15.0. The molecule has 0 radical (unpaired) electrons. The maximum Gasteiger partial charge on any atom is 0.269 e. The molecule has 2 aliphatic rings. The van der Waals surface area contributed by atoms with Crippen LogP contribution in [0, 0.1) is 10.1 Å². The molecule has 0 spiro atoms. The third kappa shape index (κ3) is 6.21. The number of aromatic nitrogens is 3. The van der Waals surface area contributed by atoms with Crippen molar-refractivity contribution in [1.29, 1.82) is 0 Å². The Kier molecular flexibility index (Phi) is 8.01. The van der Waals surface area contributed by atoms with Crippen molar-refractivity contribution in [2.45, 2.75) is 44.7 Å². The van der Waals surface area contributed by atoms with Crippen molar-refractivity contribution in [2.24, 2.45) is 0 Å². The van der Waals surface area contributed by atoms with Crippen LogP contribution in [-0.4, -0.2) is 59.2 Å². The first-order valence-corrected chi connectivity index (χ1v) is 13.2. The minimum Gasteiger partial charge on any atom is -0.496 e. The van der Waals surface area contributed by atoms with Crippen LogP contribution in [0.15, 0.2) is 48.5 Å². The van der Waals surface area contributed by atoms with Gasteiger partial charge in [-0.05, 0) is 31.0 Å². The van der Waals surface area contributed by atoms with Crippen LogP contribution >= 0.6 is 0 Å². The number of hydrogen-bond donors (Lipinski definition) is 2. The van der Waals surface area contributed by atoms with Gasteiger partial charge in [-0.15, -0.1) is 0 Å². The first-order valence-electron chi connectivity index (χ1n) is 13.2. The van der Waals surface area contributed by atoms with Crippen LogP contribution in [0.1, 0.15) is 37.7 Å². The molecular weight excluding hydrogens is 484 g/mol. The standard InChI is InChI=1S/C27H34N8O3/c1-38-24-10-6-5-7-20(24)19-28-25-30-26(29-21-8-3-2-4-9-21)32-27(31-25)34-17-15-33(16-18-34)22-11-13-23(14-12-22)35(36)37/h5-7,10-14,21H,2-4,8-9,15-19H2,1H3,(H2,28,29,30,31,32). The largest absolute Gasteiger partial charge is 0.496 e. The van der Waals surface area contributed by atoms with Gasteiger partial charge in [-0.2, -0.15) is 15.0 Å². The SMILES string of the molecule is COc1ccccc1CNc1nc(NC2CCCCC2)nc(N2CCN(c3ccc([N+](=O)[O-])cc3)CC2)n1. The Morgan fingerprint density at radius 2 is 1.61 bits per heavy atom. The van der Waals surface area contributed by atoms with Crippen molar-refractivity contribution in [3.8, 4) is 5.75 Å². The summed E-state index contributed by atoms with van der Waals surface area (Å²) in [4.78, 5) is 29.3. The van der Waals surface area contributed by atoms with E-state index in [0.29, 0.717) is 30.4 Å². The number of hydrogen-bond acceptors (Lipinski definition) is 10. The van der Waals surface area contributed by atoms with Crippen molar-refractivity contribution >= 4 is 29.2 Å². The molecular formula is C27H34N8O3. The number of anilines is 4. The molecule has 11 heteroatoms. The van der Waals surface area contributed by atoms with Crippen LogP contribution in [0.3, 0.4) is 0 Å². The predicted octanol–water partition coefficient (Wildman–Crippen LogP) is 4.47. The lowest BCUT2D eigenvalue weighted by Gasteiger charge is -2.36. The van der Waals surface area contributed by atoms with Crippen molar-refractivity contribution in [2.75, 3.05) is 53.7 Å². The smallest absolute Gasteiger partial charge is 0.269 e. The molecule has 1 aliphatic heterocycles. The lowest BCUT2D eigenvalue weighted by molar-refractivity contribution is -0.384. The third-order valence-corrected chi connectivity index (χ3v) is 7.18. The zero-order valence-corrected chi connectivity index (χ0v) is 21.7. The second-order valence-corrected chi connectivity index (χ2v) is 9.67. The molecule has 3 aromatic rings. The molecule has 2 heterocycles. The molecule has 0 atom stereocenters. The van der Waals surface area contributed by atoms with E-state index in [1.165, 1.54) is 19.3 Å². The fourth-order valence-electron chi connectivity index (χ4n) is 5.05. The van der Waals surface area contributed by atoms with Gasteiger partial charge >= 0.3 is 0 Å². The lowest BCUT2D eigenvalue weighted by atomic mass is 9.96. The number of para-hydroxylation sites is 1. The minimum atomic E-state index is -0.374. The van der Waals surface area contributed by atoms with E-state index >= 15 is 0 Å². The highest BCUT2D eigenvalue weighted by molar-refractivity contribution is 5.53. The molecule has 11 nitrogen and oxygen atoms in total. The van der Waals surface area contributed by atoms with E-state index in [9.17, 15) is 10.1 Å². The molecule has 5 rings (SSSR count). The lowest BCUT2D eigenvalue weighted by Crippen LogP contribution is -2.47. The van der Waals surface area contributed by atoms with E-state index in [1.54, 1.807) is 19.2 Å². The van der Waals surface area contributed by atoms with E-state index in [0.717, 1.165) is 56.0 Å². The van der Waals surface area contributed by atoms with Crippen LogP contribution in [0.25, 0.3) is 0 Å². The van der Waals surface area contributed by atoms with Crippen molar-refractivity contribution in [3.63, 3.8) is 0 Å². The van der Waals surface area contributed by atoms with Crippen molar-refractivity contribution in [1.82, 2.24) is 15.0 Å². The number of methoxy groups -OCH3 is 1. The highest BCUT2D eigenvalue weighted by Crippen LogP contribution is 2.25. The third-order valence-electron chi connectivity index (χ3n) is 7.18. The monoisotopic (exact) mass is 518 g/mol. The number of nitrogens with one attached hydrogen (secondary N) is 2. The Bertz CT molecular complexity index is 1230. The number of non-ortho nitro benzene ring substituents is 1. The van der Waals surface area contributed by atoms with Gasteiger partial charge in [0, 0.05) is 62.1 Å². The molecule has 0 bridgehead atoms. The summed E-state index contributed by atoms with van der Waals surface area (Å²) in [7, 11) is 1.67. The summed E-state index contributed by atoms with van der Waals surface area (Å²) in [6.07, 6.45) is 5.97. The molecule has 38 heavy (non-hydrogen) atoms. The fourth-order valence-corrected chi connectivity index (χ4v) is 5.05. The van der Waals surface area contributed by atoms with Gasteiger partial charge in [-0.1, -0.05) is 37.5 Å². The van der Waals surface area contributed by atoms with E-state index in [-0.39, 0.29) is 10.6 Å². The molecule has 2 fully saturated rings. The summed E-state index contributed by atoms with van der Waals surface area (Å²) in [5, 5.41) is 17.9. The number of benzene rings is 2. The molecule has 200 valence electrons. The summed E-state index contributed by atoms with van der Waals surface area (Å²) in [5.74, 6) is 2.58. The molecule has 0 unspecified atom stereocenters. The maximum atomic E-state index is 11.0. The van der Waals surface area contributed by atoms with Crippen LogP contribution < -0.4 is 25.2 Å². The van der Waals surface area contributed by atoms with Crippen LogP contribution in [0.4, 0.5) is 29.2 Å². The molecule has 1 aromatic heterocycles. The van der Waals surface area contributed by atoms with E-state index in [1.807, 2.05) is 36.4 Å². The minimum absolute atomic E-state index is 0.101. The molecule has 0 amide bonds. The maximum absolute atomic E-state index is 11.0. The van der Waals surface area contributed by atoms with Gasteiger partial charge in [0.25, 0.3) is 5.69 Å². The highest BCUT2D eigenvalue weighted by atomic mass is 16.6. The number of ether oxygens (including phenoxy) is 1. The Balaban J connectivity index is 1.30. The number of piperazine rings is 1. The molecule has 2 aromatic carbocycles. The van der Waals surface area contributed by atoms with Crippen molar-refractivity contribution < 1.29 is 9.66 Å². The van der Waals surface area contributed by atoms with Crippen LogP contribution in [0.5, 0.6) is 5.75 Å². The van der Waals surface area contributed by atoms with Gasteiger partial charge in [-0.25, -0.2) is 0 Å². The Morgan fingerprint density at radius 1 is 0.921 bits per heavy atom. The number of nitro groups is 1. The summed E-state index contributed by atoms with van der Waals surface area (Å²) in [5.41, 5.74) is 2.10. The molecule has 1 aliphatic carbocycles. The fraction of sp³-hybridized carbons (Fsp3) is 0.444. The van der Waals surface area contributed by atoms with Gasteiger partial charge in [0.2, 0.25) is 17.8 Å². The quantitative estimate of drug-likeness (QED) is 0.310. The zero-order valence-electron chi connectivity index (χ0n) is 21.7. The van der Waals surface area contributed by atoms with Crippen LogP contribution in [0.2, 0.25) is 0 Å². The molecule has 1 saturated heterocycles. The predicted molar refractivity (Wildman–Crippen MR) is 148 cm³/mol. The zero-order chi connectivity index (χ0) is 26.3. The second-order valence-electron chi connectivity index (χ2n) is 9.67. The molecule has 1 saturated carbocycles. The molecule has 2 N–H and O–H groups in total. The Hall–Kier alpha value is -4.15. The van der Waals surface area contributed by atoms with Gasteiger partial charge in [0.1, 0.15) is 5.75 Å².